The number of pyridine rings is 1. The second kappa shape index (κ2) is 10.3. The van der Waals surface area contributed by atoms with Crippen molar-refractivity contribution in [1.82, 2.24) is 9.88 Å². The Hall–Kier alpha value is -4.85. The van der Waals surface area contributed by atoms with E-state index in [1.165, 1.54) is 7.11 Å². The zero-order chi connectivity index (χ0) is 26.8. The lowest BCUT2D eigenvalue weighted by molar-refractivity contribution is -0.121. The van der Waals surface area contributed by atoms with Crippen LogP contribution >= 0.6 is 0 Å². The number of benzene rings is 3. The second-order valence-electron chi connectivity index (χ2n) is 9.21. The van der Waals surface area contributed by atoms with Gasteiger partial charge >= 0.3 is 5.97 Å². The number of nitrogens with zero attached hydrogens (tertiary/aromatic N) is 2. The Morgan fingerprint density at radius 1 is 0.895 bits per heavy atom. The Morgan fingerprint density at radius 3 is 2.21 bits per heavy atom. The van der Waals surface area contributed by atoms with Crippen molar-refractivity contribution in [3.8, 4) is 0 Å². The maximum Gasteiger partial charge on any atom is 0.337 e. The van der Waals surface area contributed by atoms with Gasteiger partial charge in [-0.2, -0.15) is 0 Å². The van der Waals surface area contributed by atoms with Gasteiger partial charge in [0.2, 0.25) is 5.91 Å². The molecule has 190 valence electrons. The normalized spacial score (nSPS) is 14.2. The molecular weight excluding hydrogens is 482 g/mol. The van der Waals surface area contributed by atoms with Crippen molar-refractivity contribution in [1.29, 1.82) is 0 Å². The number of carbonyl (C=O) groups excluding carboxylic acids is 4. The first kappa shape index (κ1) is 24.8. The summed E-state index contributed by atoms with van der Waals surface area (Å²) < 4.78 is 4.76. The minimum Gasteiger partial charge on any atom is -0.465 e. The van der Waals surface area contributed by atoms with Crippen LogP contribution in [0.1, 0.15) is 43.6 Å². The van der Waals surface area contributed by atoms with E-state index < -0.39 is 35.7 Å². The number of rotatable bonds is 7. The highest BCUT2D eigenvalue weighted by Crippen LogP contribution is 2.30. The van der Waals surface area contributed by atoms with Gasteiger partial charge in [0, 0.05) is 11.6 Å². The van der Waals surface area contributed by atoms with E-state index in [0.717, 1.165) is 15.8 Å². The van der Waals surface area contributed by atoms with Crippen LogP contribution in [0.15, 0.2) is 85.1 Å². The molecule has 0 aliphatic carbocycles. The standard InChI is InChI=1S/C30H25N3O5/c1-18(17-19-12-14-21(15-13-19)30(37)38-2)26(33-28(35)22-9-3-4-10-23(22)29(33)36)27(34)32-24-11-5-7-20-8-6-16-31-25(20)24/h3-16,18,26H,17H2,1-2H3,(H,32,34). The third-order valence-electron chi connectivity index (χ3n) is 6.73. The maximum atomic E-state index is 13.9. The Morgan fingerprint density at radius 2 is 1.55 bits per heavy atom. The van der Waals surface area contributed by atoms with Crippen LogP contribution in [-0.4, -0.2) is 46.7 Å². The van der Waals surface area contributed by atoms with Crippen molar-refractivity contribution in [2.24, 2.45) is 5.92 Å². The molecule has 2 unspecified atom stereocenters. The average molecular weight is 508 g/mol. The van der Waals surface area contributed by atoms with Gasteiger partial charge in [0.1, 0.15) is 6.04 Å². The number of amides is 3. The lowest BCUT2D eigenvalue weighted by atomic mass is 9.91. The molecule has 0 radical (unpaired) electrons. The SMILES string of the molecule is COC(=O)c1ccc(CC(C)C(C(=O)Nc2cccc3cccnc23)N2C(=O)c3ccccc3C2=O)cc1. The Kier molecular flexibility index (Phi) is 6.70. The summed E-state index contributed by atoms with van der Waals surface area (Å²) in [6.07, 6.45) is 2.01. The van der Waals surface area contributed by atoms with E-state index in [1.807, 2.05) is 31.2 Å². The van der Waals surface area contributed by atoms with E-state index >= 15 is 0 Å². The Labute approximate surface area is 219 Å². The van der Waals surface area contributed by atoms with E-state index in [4.69, 9.17) is 4.74 Å². The molecule has 1 aromatic heterocycles. The van der Waals surface area contributed by atoms with Crippen LogP contribution in [0.25, 0.3) is 10.9 Å². The van der Waals surface area contributed by atoms with Gasteiger partial charge in [-0.3, -0.25) is 24.3 Å². The molecule has 5 rings (SSSR count). The molecule has 3 aromatic carbocycles. The van der Waals surface area contributed by atoms with Crippen molar-refractivity contribution >= 4 is 40.3 Å². The minimum atomic E-state index is -1.10. The van der Waals surface area contributed by atoms with Gasteiger partial charge in [0.25, 0.3) is 11.8 Å². The molecule has 4 aromatic rings. The molecule has 0 bridgehead atoms. The first-order chi connectivity index (χ1) is 18.4. The maximum absolute atomic E-state index is 13.9. The number of carbonyl (C=O) groups is 4. The molecule has 3 amide bonds. The van der Waals surface area contributed by atoms with Crippen molar-refractivity contribution in [2.75, 3.05) is 12.4 Å². The summed E-state index contributed by atoms with van der Waals surface area (Å²) in [5.41, 5.74) is 2.89. The summed E-state index contributed by atoms with van der Waals surface area (Å²) in [6.45, 7) is 1.82. The molecule has 1 aliphatic heterocycles. The number of ether oxygens (including phenoxy) is 1. The summed E-state index contributed by atoms with van der Waals surface area (Å²) in [5.74, 6) is -2.40. The van der Waals surface area contributed by atoms with Crippen LogP contribution in [-0.2, 0) is 16.0 Å². The highest BCUT2D eigenvalue weighted by molar-refractivity contribution is 6.23. The number of hydrogen-bond donors (Lipinski definition) is 1. The molecule has 1 aliphatic rings. The number of esters is 1. The molecule has 38 heavy (non-hydrogen) atoms. The summed E-state index contributed by atoms with van der Waals surface area (Å²) in [5, 5.41) is 3.77. The van der Waals surface area contributed by atoms with Crippen LogP contribution in [0.2, 0.25) is 0 Å². The molecule has 1 N–H and O–H groups in total. The number of imide groups is 1. The predicted octanol–water partition coefficient (Wildman–Crippen LogP) is 4.50. The number of fused-ring (bicyclic) bond motifs is 2. The topological polar surface area (TPSA) is 106 Å². The zero-order valence-electron chi connectivity index (χ0n) is 20.9. The zero-order valence-corrected chi connectivity index (χ0v) is 20.9. The van der Waals surface area contributed by atoms with Crippen LogP contribution in [0.4, 0.5) is 5.69 Å². The summed E-state index contributed by atoms with van der Waals surface area (Å²) >= 11 is 0. The fraction of sp³-hybridized carbons (Fsp3) is 0.167. The number of aromatic nitrogens is 1. The van der Waals surface area contributed by atoms with Gasteiger partial charge in [0.15, 0.2) is 0 Å². The minimum absolute atomic E-state index is 0.275. The molecule has 2 atom stereocenters. The average Bonchev–Trinajstić information content (AvgIpc) is 3.19. The van der Waals surface area contributed by atoms with Gasteiger partial charge in [-0.05, 0) is 54.3 Å². The second-order valence-corrected chi connectivity index (χ2v) is 9.21. The van der Waals surface area contributed by atoms with E-state index in [2.05, 4.69) is 10.3 Å². The summed E-state index contributed by atoms with van der Waals surface area (Å²) in [6, 6.07) is 21.4. The molecule has 0 spiro atoms. The van der Waals surface area contributed by atoms with Gasteiger partial charge in [0.05, 0.1) is 35.0 Å². The fourth-order valence-corrected chi connectivity index (χ4v) is 4.88. The number of methoxy groups -OCH3 is 1. The third kappa shape index (κ3) is 4.52. The lowest BCUT2D eigenvalue weighted by Gasteiger charge is -2.30. The van der Waals surface area contributed by atoms with Crippen molar-refractivity contribution < 1.29 is 23.9 Å². The largest absolute Gasteiger partial charge is 0.465 e. The molecule has 0 fully saturated rings. The van der Waals surface area contributed by atoms with Gasteiger partial charge in [-0.15, -0.1) is 0 Å². The van der Waals surface area contributed by atoms with Gasteiger partial charge < -0.3 is 10.1 Å². The molecule has 2 heterocycles. The molecule has 0 saturated carbocycles. The monoisotopic (exact) mass is 507 g/mol. The van der Waals surface area contributed by atoms with Crippen LogP contribution in [0.5, 0.6) is 0 Å². The number of nitrogens with one attached hydrogen (secondary N) is 1. The first-order valence-electron chi connectivity index (χ1n) is 12.2. The lowest BCUT2D eigenvalue weighted by Crippen LogP contribution is -2.51. The number of para-hydroxylation sites is 1. The smallest absolute Gasteiger partial charge is 0.337 e. The molecule has 8 heteroatoms. The third-order valence-corrected chi connectivity index (χ3v) is 6.73. The molecule has 8 nitrogen and oxygen atoms in total. The van der Waals surface area contributed by atoms with E-state index in [-0.39, 0.29) is 11.1 Å². The van der Waals surface area contributed by atoms with Crippen LogP contribution in [0, 0.1) is 5.92 Å². The number of hydrogen-bond acceptors (Lipinski definition) is 6. The Balaban J connectivity index is 1.48. The van der Waals surface area contributed by atoms with Crippen molar-refractivity contribution in [3.05, 3.63) is 107 Å². The molecular formula is C30H25N3O5. The van der Waals surface area contributed by atoms with Gasteiger partial charge in [-0.1, -0.05) is 49.4 Å². The van der Waals surface area contributed by atoms with Crippen LogP contribution in [0.3, 0.4) is 0 Å². The highest BCUT2D eigenvalue weighted by atomic mass is 16.5. The summed E-state index contributed by atoms with van der Waals surface area (Å²) in [4.78, 5) is 57.9. The van der Waals surface area contributed by atoms with Crippen molar-refractivity contribution in [3.63, 3.8) is 0 Å². The Bertz CT molecular complexity index is 1520. The molecule has 0 saturated heterocycles. The quantitative estimate of drug-likeness (QED) is 0.292. The predicted molar refractivity (Wildman–Crippen MR) is 142 cm³/mol. The number of anilines is 1. The van der Waals surface area contributed by atoms with Crippen molar-refractivity contribution in [2.45, 2.75) is 19.4 Å². The highest BCUT2D eigenvalue weighted by Gasteiger charge is 2.45. The van der Waals surface area contributed by atoms with E-state index in [1.54, 1.807) is 60.8 Å². The van der Waals surface area contributed by atoms with Crippen LogP contribution < -0.4 is 5.32 Å². The van der Waals surface area contributed by atoms with E-state index in [9.17, 15) is 19.2 Å². The first-order valence-corrected chi connectivity index (χ1v) is 12.2. The fourth-order valence-electron chi connectivity index (χ4n) is 4.88. The summed E-state index contributed by atoms with van der Waals surface area (Å²) in [7, 11) is 1.31. The van der Waals surface area contributed by atoms with E-state index in [0.29, 0.717) is 23.2 Å². The van der Waals surface area contributed by atoms with Gasteiger partial charge in [-0.25, -0.2) is 4.79 Å².